The number of H-pyrrole nitrogens is 1. The van der Waals surface area contributed by atoms with Gasteiger partial charge in [0, 0.05) is 6.42 Å². The zero-order valence-corrected chi connectivity index (χ0v) is 11.2. The van der Waals surface area contributed by atoms with Crippen LogP contribution in [0.5, 0.6) is 0 Å². The molecule has 0 amide bonds. The third-order valence-corrected chi connectivity index (χ3v) is 3.72. The smallest absolute Gasteiger partial charge is 0.130 e. The second-order valence-corrected chi connectivity index (χ2v) is 5.17. The van der Waals surface area contributed by atoms with Gasteiger partial charge in [-0.3, -0.25) is 0 Å². The molecule has 0 radical (unpaired) electrons. The van der Waals surface area contributed by atoms with Crippen LogP contribution in [0.25, 0.3) is 10.6 Å². The SMILES string of the molecule is CCCc1nc(=S)cc(-c2sccc2Cl)[nH]1. The van der Waals surface area contributed by atoms with Crippen molar-refractivity contribution in [3.05, 3.63) is 33.0 Å². The average molecular weight is 271 g/mol. The van der Waals surface area contributed by atoms with E-state index in [4.69, 9.17) is 23.8 Å². The van der Waals surface area contributed by atoms with Gasteiger partial charge in [0.05, 0.1) is 15.6 Å². The lowest BCUT2D eigenvalue weighted by Gasteiger charge is -2.03. The zero-order chi connectivity index (χ0) is 11.5. The normalized spacial score (nSPS) is 10.6. The molecule has 0 saturated heterocycles. The van der Waals surface area contributed by atoms with Crippen molar-refractivity contribution in [1.82, 2.24) is 9.97 Å². The van der Waals surface area contributed by atoms with E-state index in [2.05, 4.69) is 16.9 Å². The van der Waals surface area contributed by atoms with E-state index < -0.39 is 0 Å². The predicted molar refractivity (Wildman–Crippen MR) is 71.7 cm³/mol. The van der Waals surface area contributed by atoms with Crippen LogP contribution in [0, 0.1) is 4.64 Å². The lowest BCUT2D eigenvalue weighted by atomic mass is 10.3. The highest BCUT2D eigenvalue weighted by molar-refractivity contribution is 7.71. The molecule has 84 valence electrons. The van der Waals surface area contributed by atoms with Crippen molar-refractivity contribution in [2.45, 2.75) is 19.8 Å². The molecule has 5 heteroatoms. The highest BCUT2D eigenvalue weighted by Gasteiger charge is 2.07. The summed E-state index contributed by atoms with van der Waals surface area (Å²) >= 11 is 12.8. The van der Waals surface area contributed by atoms with Crippen molar-refractivity contribution in [3.63, 3.8) is 0 Å². The minimum absolute atomic E-state index is 0.613. The van der Waals surface area contributed by atoms with Crippen molar-refractivity contribution < 1.29 is 0 Å². The lowest BCUT2D eigenvalue weighted by molar-refractivity contribution is 0.834. The van der Waals surface area contributed by atoms with Crippen LogP contribution in [0.2, 0.25) is 5.02 Å². The predicted octanol–water partition coefficient (Wildman–Crippen LogP) is 4.47. The summed E-state index contributed by atoms with van der Waals surface area (Å²) < 4.78 is 0.613. The molecule has 2 aromatic rings. The standard InChI is InChI=1S/C11H11ClN2S2/c1-2-3-9-13-8(6-10(15)14-9)11-7(12)4-5-16-11/h4-6H,2-3H2,1H3,(H,13,14,15). The molecule has 1 N–H and O–H groups in total. The van der Waals surface area contributed by atoms with E-state index in [-0.39, 0.29) is 0 Å². The molecule has 0 fully saturated rings. The summed E-state index contributed by atoms with van der Waals surface area (Å²) in [6.45, 7) is 2.11. The second kappa shape index (κ2) is 5.08. The van der Waals surface area contributed by atoms with Gasteiger partial charge in [-0.25, -0.2) is 4.98 Å². The van der Waals surface area contributed by atoms with E-state index in [0.29, 0.717) is 4.64 Å². The molecule has 2 aromatic heterocycles. The molecule has 0 spiro atoms. The van der Waals surface area contributed by atoms with Crippen molar-refractivity contribution in [3.8, 4) is 10.6 Å². The first-order chi connectivity index (χ1) is 7.70. The van der Waals surface area contributed by atoms with Crippen LogP contribution in [-0.2, 0) is 6.42 Å². The highest BCUT2D eigenvalue weighted by atomic mass is 35.5. The second-order valence-electron chi connectivity index (χ2n) is 3.43. The van der Waals surface area contributed by atoms with Crippen LogP contribution < -0.4 is 0 Å². The van der Waals surface area contributed by atoms with Gasteiger partial charge in [-0.05, 0) is 23.9 Å². The van der Waals surface area contributed by atoms with Crippen LogP contribution in [0.15, 0.2) is 17.5 Å². The maximum Gasteiger partial charge on any atom is 0.130 e. The summed E-state index contributed by atoms with van der Waals surface area (Å²) in [5, 5.41) is 2.72. The quantitative estimate of drug-likeness (QED) is 0.834. The number of rotatable bonds is 3. The Hall–Kier alpha value is -0.710. The van der Waals surface area contributed by atoms with E-state index >= 15 is 0 Å². The number of hydrogen-bond acceptors (Lipinski definition) is 3. The number of aromatic nitrogens is 2. The molecule has 0 aromatic carbocycles. The van der Waals surface area contributed by atoms with Crippen LogP contribution >= 0.6 is 35.2 Å². The summed E-state index contributed by atoms with van der Waals surface area (Å²) in [5.74, 6) is 0.925. The molecule has 0 aliphatic heterocycles. The maximum atomic E-state index is 6.09. The van der Waals surface area contributed by atoms with Gasteiger partial charge in [0.25, 0.3) is 0 Å². The van der Waals surface area contributed by atoms with E-state index in [0.717, 1.165) is 34.3 Å². The summed E-state index contributed by atoms with van der Waals surface area (Å²) in [6.07, 6.45) is 1.94. The van der Waals surface area contributed by atoms with Crippen molar-refractivity contribution in [1.29, 1.82) is 0 Å². The largest absolute Gasteiger partial charge is 0.342 e. The van der Waals surface area contributed by atoms with Crippen LogP contribution in [0.1, 0.15) is 19.2 Å². The molecule has 0 saturated carbocycles. The number of hydrogen-bond donors (Lipinski definition) is 1. The molecule has 2 nitrogen and oxygen atoms in total. The Balaban J connectivity index is 2.49. The molecule has 0 unspecified atom stereocenters. The lowest BCUT2D eigenvalue weighted by Crippen LogP contribution is -1.96. The third-order valence-electron chi connectivity index (χ3n) is 2.14. The van der Waals surface area contributed by atoms with Crippen molar-refractivity contribution in [2.75, 3.05) is 0 Å². The Bertz CT molecular complexity index is 545. The van der Waals surface area contributed by atoms with Gasteiger partial charge in [0.15, 0.2) is 0 Å². The Labute approximate surface area is 108 Å². The molecular weight excluding hydrogens is 260 g/mol. The minimum Gasteiger partial charge on any atom is -0.342 e. The first kappa shape index (κ1) is 11.8. The topological polar surface area (TPSA) is 28.7 Å². The molecule has 2 heterocycles. The van der Waals surface area contributed by atoms with E-state index in [1.165, 1.54) is 0 Å². The first-order valence-electron chi connectivity index (χ1n) is 5.04. The summed E-state index contributed by atoms with van der Waals surface area (Å²) in [4.78, 5) is 8.58. The molecule has 0 atom stereocenters. The fraction of sp³-hybridized carbons (Fsp3) is 0.273. The number of aryl methyl sites for hydroxylation is 1. The molecule has 16 heavy (non-hydrogen) atoms. The van der Waals surface area contributed by atoms with Gasteiger partial charge in [-0.2, -0.15) is 0 Å². The molecule has 0 aliphatic rings. The molecule has 0 aliphatic carbocycles. The number of nitrogens with one attached hydrogen (secondary N) is 1. The zero-order valence-electron chi connectivity index (χ0n) is 8.79. The number of aromatic amines is 1. The van der Waals surface area contributed by atoms with Gasteiger partial charge in [-0.15, -0.1) is 11.3 Å². The van der Waals surface area contributed by atoms with Gasteiger partial charge >= 0.3 is 0 Å². The van der Waals surface area contributed by atoms with Crippen LogP contribution in [0.3, 0.4) is 0 Å². The van der Waals surface area contributed by atoms with Gasteiger partial charge in [-0.1, -0.05) is 30.7 Å². The van der Waals surface area contributed by atoms with E-state index in [1.807, 2.05) is 17.5 Å². The van der Waals surface area contributed by atoms with Crippen molar-refractivity contribution >= 4 is 35.2 Å². The average Bonchev–Trinajstić information content (AvgIpc) is 2.64. The molecule has 2 rings (SSSR count). The van der Waals surface area contributed by atoms with Crippen molar-refractivity contribution in [2.24, 2.45) is 0 Å². The Morgan fingerprint density at radius 2 is 2.38 bits per heavy atom. The fourth-order valence-electron chi connectivity index (χ4n) is 1.47. The summed E-state index contributed by atoms with van der Waals surface area (Å²) in [6, 6.07) is 3.74. The van der Waals surface area contributed by atoms with Gasteiger partial charge in [0.2, 0.25) is 0 Å². The highest BCUT2D eigenvalue weighted by Crippen LogP contribution is 2.31. The van der Waals surface area contributed by atoms with Crippen LogP contribution in [-0.4, -0.2) is 9.97 Å². The monoisotopic (exact) mass is 270 g/mol. The number of nitrogens with zero attached hydrogens (tertiary/aromatic N) is 1. The maximum absolute atomic E-state index is 6.09. The summed E-state index contributed by atoms with van der Waals surface area (Å²) in [7, 11) is 0. The molecular formula is C11H11ClN2S2. The third kappa shape index (κ3) is 2.51. The van der Waals surface area contributed by atoms with E-state index in [1.54, 1.807) is 11.3 Å². The van der Waals surface area contributed by atoms with Gasteiger partial charge in [0.1, 0.15) is 10.5 Å². The Morgan fingerprint density at radius 3 is 3.00 bits per heavy atom. The number of thiophene rings is 1. The first-order valence-corrected chi connectivity index (χ1v) is 6.71. The Morgan fingerprint density at radius 1 is 1.56 bits per heavy atom. The van der Waals surface area contributed by atoms with Crippen LogP contribution in [0.4, 0.5) is 0 Å². The Kier molecular flexibility index (Phi) is 3.74. The van der Waals surface area contributed by atoms with Gasteiger partial charge < -0.3 is 4.98 Å². The molecule has 0 bridgehead atoms. The minimum atomic E-state index is 0.613. The fourth-order valence-corrected chi connectivity index (χ4v) is 2.83. The number of halogens is 1. The summed E-state index contributed by atoms with van der Waals surface area (Å²) in [5.41, 5.74) is 0.962. The van der Waals surface area contributed by atoms with E-state index in [9.17, 15) is 0 Å².